The number of phenols is 1. The monoisotopic (exact) mass is 228 g/mol. The van der Waals surface area contributed by atoms with Crippen molar-refractivity contribution in [2.75, 3.05) is 0 Å². The lowest BCUT2D eigenvalue weighted by Crippen LogP contribution is -2.09. The van der Waals surface area contributed by atoms with Gasteiger partial charge in [-0.25, -0.2) is 4.98 Å². The Morgan fingerprint density at radius 3 is 2.94 bits per heavy atom. The topological polar surface area (TPSA) is 48.9 Å². The number of H-pyrrole nitrogens is 1. The number of imidazole rings is 1. The minimum Gasteiger partial charge on any atom is -0.508 e. The van der Waals surface area contributed by atoms with Crippen LogP contribution in [0.2, 0.25) is 0 Å². The van der Waals surface area contributed by atoms with E-state index in [0.717, 1.165) is 28.7 Å². The summed E-state index contributed by atoms with van der Waals surface area (Å²) >= 11 is 0. The molecule has 3 atom stereocenters. The summed E-state index contributed by atoms with van der Waals surface area (Å²) < 4.78 is 0. The third-order valence-electron chi connectivity index (χ3n) is 4.57. The van der Waals surface area contributed by atoms with E-state index >= 15 is 0 Å². The molecule has 0 amide bonds. The van der Waals surface area contributed by atoms with E-state index in [-0.39, 0.29) is 0 Å². The molecule has 2 bridgehead atoms. The molecule has 3 heteroatoms. The van der Waals surface area contributed by atoms with E-state index in [1.807, 2.05) is 6.07 Å². The number of hydrogen-bond donors (Lipinski definition) is 2. The molecule has 1 aromatic carbocycles. The van der Waals surface area contributed by atoms with Crippen LogP contribution < -0.4 is 0 Å². The fourth-order valence-electron chi connectivity index (χ4n) is 3.77. The zero-order valence-electron chi connectivity index (χ0n) is 9.69. The molecule has 3 unspecified atom stereocenters. The second kappa shape index (κ2) is 3.25. The maximum Gasteiger partial charge on any atom is 0.117 e. The van der Waals surface area contributed by atoms with Gasteiger partial charge < -0.3 is 10.1 Å². The van der Waals surface area contributed by atoms with Crippen molar-refractivity contribution >= 4 is 11.0 Å². The van der Waals surface area contributed by atoms with Gasteiger partial charge in [-0.15, -0.1) is 0 Å². The van der Waals surface area contributed by atoms with E-state index in [4.69, 9.17) is 0 Å². The number of hydrogen-bond acceptors (Lipinski definition) is 2. The van der Waals surface area contributed by atoms with Crippen LogP contribution in [0.4, 0.5) is 0 Å². The third-order valence-corrected chi connectivity index (χ3v) is 4.57. The number of fused-ring (bicyclic) bond motifs is 3. The van der Waals surface area contributed by atoms with Crippen LogP contribution in [0.1, 0.15) is 37.4 Å². The lowest BCUT2D eigenvalue weighted by molar-refractivity contribution is 0.408. The van der Waals surface area contributed by atoms with Crippen LogP contribution in [0.25, 0.3) is 11.0 Å². The summed E-state index contributed by atoms with van der Waals surface area (Å²) in [5, 5.41) is 9.46. The first-order valence-corrected chi connectivity index (χ1v) is 6.48. The third kappa shape index (κ3) is 1.38. The summed E-state index contributed by atoms with van der Waals surface area (Å²) in [5.74, 6) is 3.85. The zero-order chi connectivity index (χ0) is 11.4. The predicted octanol–water partition coefficient (Wildman–Crippen LogP) is 3.17. The highest BCUT2D eigenvalue weighted by Gasteiger charge is 2.41. The largest absolute Gasteiger partial charge is 0.508 e. The second-order valence-electron chi connectivity index (χ2n) is 5.60. The molecule has 4 rings (SSSR count). The quantitative estimate of drug-likeness (QED) is 0.787. The highest BCUT2D eigenvalue weighted by atomic mass is 16.3. The first-order chi connectivity index (χ1) is 8.29. The Balaban J connectivity index is 1.76. The minimum absolute atomic E-state index is 0.306. The molecule has 17 heavy (non-hydrogen) atoms. The predicted molar refractivity (Wildman–Crippen MR) is 65.9 cm³/mol. The number of aromatic nitrogens is 2. The van der Waals surface area contributed by atoms with Crippen LogP contribution >= 0.6 is 0 Å². The Morgan fingerprint density at radius 1 is 1.24 bits per heavy atom. The Morgan fingerprint density at radius 2 is 2.18 bits per heavy atom. The van der Waals surface area contributed by atoms with E-state index in [9.17, 15) is 5.11 Å². The Bertz CT molecular complexity index is 575. The molecule has 3 nitrogen and oxygen atoms in total. The van der Waals surface area contributed by atoms with Gasteiger partial charge in [-0.05, 0) is 43.2 Å². The maximum atomic E-state index is 9.46. The van der Waals surface area contributed by atoms with Gasteiger partial charge in [0, 0.05) is 12.0 Å². The molecule has 2 aliphatic rings. The number of phenolic OH excluding ortho intramolecular Hbond substituents is 1. The molecular formula is C14H16N2O. The van der Waals surface area contributed by atoms with Crippen molar-refractivity contribution in [3.63, 3.8) is 0 Å². The van der Waals surface area contributed by atoms with Gasteiger partial charge >= 0.3 is 0 Å². The minimum atomic E-state index is 0.306. The summed E-state index contributed by atoms with van der Waals surface area (Å²) in [4.78, 5) is 8.08. The van der Waals surface area contributed by atoms with Crippen molar-refractivity contribution in [2.24, 2.45) is 11.8 Å². The Labute approximate surface area is 99.9 Å². The lowest BCUT2D eigenvalue weighted by atomic mass is 9.88. The van der Waals surface area contributed by atoms with Gasteiger partial charge in [0.1, 0.15) is 11.6 Å². The number of aromatic amines is 1. The Kier molecular flexibility index (Phi) is 1.82. The van der Waals surface area contributed by atoms with Gasteiger partial charge in [0.2, 0.25) is 0 Å². The Hall–Kier alpha value is -1.51. The number of nitrogens with zero attached hydrogens (tertiary/aromatic N) is 1. The van der Waals surface area contributed by atoms with E-state index in [2.05, 4.69) is 9.97 Å². The van der Waals surface area contributed by atoms with Gasteiger partial charge in [0.05, 0.1) is 11.0 Å². The molecule has 2 N–H and O–H groups in total. The van der Waals surface area contributed by atoms with Gasteiger partial charge in [0.25, 0.3) is 0 Å². The maximum absolute atomic E-state index is 9.46. The fraction of sp³-hybridized carbons (Fsp3) is 0.500. The van der Waals surface area contributed by atoms with E-state index < -0.39 is 0 Å². The van der Waals surface area contributed by atoms with Crippen LogP contribution in [0.5, 0.6) is 5.75 Å². The summed E-state index contributed by atoms with van der Waals surface area (Å²) in [6.45, 7) is 0. The lowest BCUT2D eigenvalue weighted by Gasteiger charge is -2.18. The number of rotatable bonds is 1. The second-order valence-corrected chi connectivity index (χ2v) is 5.60. The molecule has 88 valence electrons. The smallest absolute Gasteiger partial charge is 0.117 e. The molecule has 2 aliphatic carbocycles. The van der Waals surface area contributed by atoms with E-state index in [1.54, 1.807) is 12.1 Å². The average molecular weight is 228 g/mol. The summed E-state index contributed by atoms with van der Waals surface area (Å²) in [5.41, 5.74) is 1.93. The van der Waals surface area contributed by atoms with E-state index in [0.29, 0.717) is 11.7 Å². The van der Waals surface area contributed by atoms with Crippen molar-refractivity contribution in [3.8, 4) is 5.75 Å². The molecule has 1 aromatic heterocycles. The molecule has 2 fully saturated rings. The first-order valence-electron chi connectivity index (χ1n) is 6.48. The van der Waals surface area contributed by atoms with Gasteiger partial charge in [-0.2, -0.15) is 0 Å². The molecule has 0 spiro atoms. The van der Waals surface area contributed by atoms with Crippen LogP contribution in [-0.2, 0) is 0 Å². The molecule has 0 radical (unpaired) electrons. The number of aromatic hydroxyl groups is 1. The van der Waals surface area contributed by atoms with Gasteiger partial charge in [-0.3, -0.25) is 0 Å². The van der Waals surface area contributed by atoms with Crippen molar-refractivity contribution < 1.29 is 5.11 Å². The van der Waals surface area contributed by atoms with E-state index in [1.165, 1.54) is 25.7 Å². The van der Waals surface area contributed by atoms with Crippen LogP contribution in [0, 0.1) is 11.8 Å². The summed E-state index contributed by atoms with van der Waals surface area (Å²) in [6.07, 6.45) is 5.49. The van der Waals surface area contributed by atoms with Gasteiger partial charge in [0.15, 0.2) is 0 Å². The highest BCUT2D eigenvalue weighted by Crippen LogP contribution is 2.52. The van der Waals surface area contributed by atoms with Crippen LogP contribution in [0.15, 0.2) is 18.2 Å². The standard InChI is InChI=1S/C14H16N2O/c17-10-3-4-12-13(7-10)16-14(15-12)11-6-8-1-2-9(11)5-8/h3-4,7-9,11,17H,1-2,5-6H2,(H,15,16). The van der Waals surface area contributed by atoms with Crippen molar-refractivity contribution in [3.05, 3.63) is 24.0 Å². The molecule has 2 saturated carbocycles. The van der Waals surface area contributed by atoms with Gasteiger partial charge in [-0.1, -0.05) is 6.42 Å². The van der Waals surface area contributed by atoms with Crippen LogP contribution in [-0.4, -0.2) is 15.1 Å². The highest BCUT2D eigenvalue weighted by molar-refractivity contribution is 5.76. The molecule has 1 heterocycles. The molecule has 0 saturated heterocycles. The van der Waals surface area contributed by atoms with Crippen LogP contribution in [0.3, 0.4) is 0 Å². The van der Waals surface area contributed by atoms with Crippen molar-refractivity contribution in [1.82, 2.24) is 9.97 Å². The average Bonchev–Trinajstić information content (AvgIpc) is 3.01. The first kappa shape index (κ1) is 9.51. The number of benzene rings is 1. The SMILES string of the molecule is Oc1ccc2nc(C3CC4CCC3C4)[nH]c2c1. The van der Waals surface area contributed by atoms with Crippen molar-refractivity contribution in [1.29, 1.82) is 0 Å². The molecule has 2 aromatic rings. The summed E-state index contributed by atoms with van der Waals surface area (Å²) in [6, 6.07) is 5.35. The van der Waals surface area contributed by atoms with Crippen molar-refractivity contribution in [2.45, 2.75) is 31.6 Å². The summed E-state index contributed by atoms with van der Waals surface area (Å²) in [7, 11) is 0. The molecular weight excluding hydrogens is 212 g/mol. The normalized spacial score (nSPS) is 31.4. The molecule has 0 aliphatic heterocycles. The zero-order valence-corrected chi connectivity index (χ0v) is 9.69. The number of nitrogens with one attached hydrogen (secondary N) is 1. The fourth-order valence-corrected chi connectivity index (χ4v) is 3.77.